The number of hydrogen-bond acceptors (Lipinski definition) is 5. The molecule has 6 nitrogen and oxygen atoms in total. The Bertz CT molecular complexity index is 1030. The van der Waals surface area contributed by atoms with Gasteiger partial charge in [-0.3, -0.25) is 5.32 Å². The first kappa shape index (κ1) is 18.0. The van der Waals surface area contributed by atoms with Gasteiger partial charge in [-0.05, 0) is 42.0 Å². The van der Waals surface area contributed by atoms with Crippen molar-refractivity contribution in [3.8, 4) is 22.8 Å². The van der Waals surface area contributed by atoms with Crippen LogP contribution < -0.4 is 9.88 Å². The van der Waals surface area contributed by atoms with Gasteiger partial charge in [0.1, 0.15) is 29.1 Å². The summed E-state index contributed by atoms with van der Waals surface area (Å²) >= 11 is 0. The highest BCUT2D eigenvalue weighted by atomic mass is 16.3. The van der Waals surface area contributed by atoms with Crippen LogP contribution in [0.2, 0.25) is 0 Å². The van der Waals surface area contributed by atoms with Crippen molar-refractivity contribution in [1.29, 1.82) is 0 Å². The molecule has 1 unspecified atom stereocenters. The van der Waals surface area contributed by atoms with Crippen molar-refractivity contribution in [2.24, 2.45) is 0 Å². The van der Waals surface area contributed by atoms with Gasteiger partial charge in [0.15, 0.2) is 6.04 Å². The maximum Gasteiger partial charge on any atom is 0.359 e. The van der Waals surface area contributed by atoms with Gasteiger partial charge >= 0.3 is 11.7 Å². The molecule has 0 saturated heterocycles. The average molecular weight is 376 g/mol. The number of anilines is 1. The lowest BCUT2D eigenvalue weighted by Gasteiger charge is -2.09. The second-order valence-electron chi connectivity index (χ2n) is 7.34. The van der Waals surface area contributed by atoms with Gasteiger partial charge in [-0.1, -0.05) is 26.0 Å². The minimum Gasteiger partial charge on any atom is -0.508 e. The number of aromatic hydroxyl groups is 2. The van der Waals surface area contributed by atoms with Gasteiger partial charge in [0.2, 0.25) is 0 Å². The Morgan fingerprint density at radius 1 is 1.04 bits per heavy atom. The van der Waals surface area contributed by atoms with Crippen molar-refractivity contribution in [2.45, 2.75) is 32.2 Å². The summed E-state index contributed by atoms with van der Waals surface area (Å²) in [6, 6.07) is 13.3. The minimum atomic E-state index is -0.390. The molecule has 1 aliphatic heterocycles. The summed E-state index contributed by atoms with van der Waals surface area (Å²) in [5, 5.41) is 22.3. The van der Waals surface area contributed by atoms with E-state index in [1.54, 1.807) is 47.2 Å². The van der Waals surface area contributed by atoms with Gasteiger partial charge in [0.05, 0.1) is 0 Å². The number of aromatic nitrogens is 2. The standard InChI is InChI=1S/C22H21N3O3/c1-13(2)20-21-24-18(11-14-3-7-16(26)8-4-14)22(28)25(21)12-19(23-20)15-5-9-17(27)10-6-15/h3-10,12-13,18,26-27H,11H2,1-2H3/p+1. The summed E-state index contributed by atoms with van der Waals surface area (Å²) < 4.78 is 1.65. The van der Waals surface area contributed by atoms with E-state index in [4.69, 9.17) is 4.98 Å². The number of nitrogens with one attached hydrogen (secondary N) is 1. The molecule has 0 radical (unpaired) electrons. The van der Waals surface area contributed by atoms with Crippen molar-refractivity contribution in [1.82, 2.24) is 4.98 Å². The van der Waals surface area contributed by atoms with Crippen molar-refractivity contribution < 1.29 is 19.6 Å². The van der Waals surface area contributed by atoms with E-state index in [2.05, 4.69) is 5.32 Å². The number of rotatable bonds is 4. The quantitative estimate of drug-likeness (QED) is 0.609. The number of carbonyl (C=O) groups is 1. The molecular formula is C22H22N3O3+. The van der Waals surface area contributed by atoms with Crippen molar-refractivity contribution >= 4 is 11.7 Å². The van der Waals surface area contributed by atoms with Crippen LogP contribution in [0.15, 0.2) is 54.7 Å². The van der Waals surface area contributed by atoms with Crippen LogP contribution in [0.3, 0.4) is 0 Å². The van der Waals surface area contributed by atoms with Gasteiger partial charge in [-0.15, -0.1) is 0 Å². The lowest BCUT2D eigenvalue weighted by atomic mass is 10.1. The molecule has 0 fully saturated rings. The number of phenols is 2. The molecule has 3 N–H and O–H groups in total. The first-order valence-corrected chi connectivity index (χ1v) is 9.27. The van der Waals surface area contributed by atoms with Crippen molar-refractivity contribution in [3.63, 3.8) is 0 Å². The molecule has 142 valence electrons. The fourth-order valence-corrected chi connectivity index (χ4v) is 3.41. The van der Waals surface area contributed by atoms with Crippen LogP contribution in [0, 0.1) is 0 Å². The summed E-state index contributed by atoms with van der Waals surface area (Å²) in [5.74, 6) is 1.22. The molecule has 1 aliphatic rings. The van der Waals surface area contributed by atoms with Crippen LogP contribution >= 0.6 is 0 Å². The molecule has 1 atom stereocenters. The van der Waals surface area contributed by atoms with E-state index in [9.17, 15) is 15.0 Å². The summed E-state index contributed by atoms with van der Waals surface area (Å²) in [5.41, 5.74) is 3.32. The Kier molecular flexibility index (Phi) is 4.47. The fourth-order valence-electron chi connectivity index (χ4n) is 3.41. The van der Waals surface area contributed by atoms with E-state index in [1.807, 2.05) is 26.0 Å². The number of fused-ring (bicyclic) bond motifs is 1. The molecular weight excluding hydrogens is 354 g/mol. The summed E-state index contributed by atoms with van der Waals surface area (Å²) in [7, 11) is 0. The second kappa shape index (κ2) is 6.96. The van der Waals surface area contributed by atoms with Crippen LogP contribution in [-0.4, -0.2) is 27.1 Å². The maximum absolute atomic E-state index is 13.1. The van der Waals surface area contributed by atoms with E-state index >= 15 is 0 Å². The predicted octanol–water partition coefficient (Wildman–Crippen LogP) is 3.25. The van der Waals surface area contributed by atoms with Gasteiger partial charge in [0, 0.05) is 17.9 Å². The Balaban J connectivity index is 1.71. The molecule has 3 aromatic rings. The molecule has 2 aromatic carbocycles. The maximum atomic E-state index is 13.1. The van der Waals surface area contributed by atoms with Crippen LogP contribution in [0.5, 0.6) is 11.5 Å². The largest absolute Gasteiger partial charge is 0.508 e. The third-order valence-electron chi connectivity index (χ3n) is 4.91. The SMILES string of the molecule is CC(C)c1nc(-c2ccc(O)cc2)c[n+]2c1NC(Cc1ccc(O)cc1)C2=O. The Morgan fingerprint density at radius 2 is 1.64 bits per heavy atom. The van der Waals surface area contributed by atoms with Crippen molar-refractivity contribution in [2.75, 3.05) is 5.32 Å². The molecule has 0 saturated carbocycles. The van der Waals surface area contributed by atoms with E-state index in [0.29, 0.717) is 12.1 Å². The van der Waals surface area contributed by atoms with Gasteiger partial charge in [-0.25, -0.2) is 9.78 Å². The lowest BCUT2D eigenvalue weighted by Crippen LogP contribution is -2.44. The van der Waals surface area contributed by atoms with Crippen LogP contribution in [0.4, 0.5) is 5.82 Å². The molecule has 6 heteroatoms. The molecule has 0 amide bonds. The first-order valence-electron chi connectivity index (χ1n) is 9.27. The van der Waals surface area contributed by atoms with Crippen molar-refractivity contribution in [3.05, 3.63) is 66.0 Å². The van der Waals surface area contributed by atoms with Gasteiger partial charge < -0.3 is 10.2 Å². The average Bonchev–Trinajstić information content (AvgIpc) is 2.99. The number of benzene rings is 2. The zero-order chi connectivity index (χ0) is 19.8. The second-order valence-corrected chi connectivity index (χ2v) is 7.34. The molecule has 1 aromatic heterocycles. The Labute approximate surface area is 163 Å². The molecule has 2 heterocycles. The highest BCUT2D eigenvalue weighted by molar-refractivity contribution is 5.82. The first-order chi connectivity index (χ1) is 13.4. The van der Waals surface area contributed by atoms with E-state index < -0.39 is 0 Å². The summed E-state index contributed by atoms with van der Waals surface area (Å²) in [4.78, 5) is 17.8. The topological polar surface area (TPSA) is 86.3 Å². The third-order valence-corrected chi connectivity index (χ3v) is 4.91. The highest BCUT2D eigenvalue weighted by Crippen LogP contribution is 2.28. The fraction of sp³-hybridized carbons (Fsp3) is 0.227. The van der Waals surface area contributed by atoms with E-state index in [-0.39, 0.29) is 29.4 Å². The predicted molar refractivity (Wildman–Crippen MR) is 105 cm³/mol. The zero-order valence-corrected chi connectivity index (χ0v) is 15.8. The Hall–Kier alpha value is -3.41. The molecule has 0 bridgehead atoms. The zero-order valence-electron chi connectivity index (χ0n) is 15.8. The number of nitrogens with zero attached hydrogens (tertiary/aromatic N) is 2. The summed E-state index contributed by atoms with van der Waals surface area (Å²) in [6.45, 7) is 4.09. The Morgan fingerprint density at radius 3 is 2.25 bits per heavy atom. The van der Waals surface area contributed by atoms with Gasteiger partial charge in [-0.2, -0.15) is 4.57 Å². The molecule has 28 heavy (non-hydrogen) atoms. The molecule has 4 rings (SSSR count). The molecule has 0 aliphatic carbocycles. The highest BCUT2D eigenvalue weighted by Gasteiger charge is 2.41. The normalized spacial score (nSPS) is 15.5. The number of hydrogen-bond donors (Lipinski definition) is 3. The monoisotopic (exact) mass is 376 g/mol. The summed E-state index contributed by atoms with van der Waals surface area (Å²) in [6.07, 6.45) is 2.27. The third kappa shape index (κ3) is 3.29. The smallest absolute Gasteiger partial charge is 0.359 e. The van der Waals surface area contributed by atoms with E-state index in [1.165, 1.54) is 0 Å². The van der Waals surface area contributed by atoms with E-state index in [0.717, 1.165) is 22.6 Å². The van der Waals surface area contributed by atoms with Crippen LogP contribution in [-0.2, 0) is 6.42 Å². The number of phenolic OH excluding ortho intramolecular Hbond substituents is 2. The van der Waals surface area contributed by atoms with Gasteiger partial charge in [0.25, 0.3) is 0 Å². The molecule has 0 spiro atoms. The van der Waals surface area contributed by atoms with Crippen LogP contribution in [0.25, 0.3) is 11.3 Å². The minimum absolute atomic E-state index is 0.0348. The lowest BCUT2D eigenvalue weighted by molar-refractivity contribution is -0.552. The number of carbonyl (C=O) groups excluding carboxylic acids is 1. The van der Waals surface area contributed by atoms with Crippen LogP contribution in [0.1, 0.15) is 35.8 Å².